The molecule has 0 unspecified atom stereocenters. The summed E-state index contributed by atoms with van der Waals surface area (Å²) >= 11 is 0.538. The highest BCUT2D eigenvalue weighted by molar-refractivity contribution is 7.10. The molecule has 4 rings (SSSR count). The van der Waals surface area contributed by atoms with Crippen LogP contribution in [-0.4, -0.2) is 63.9 Å². The van der Waals surface area contributed by atoms with Gasteiger partial charge in [-0.2, -0.15) is 26.3 Å². The zero-order valence-electron chi connectivity index (χ0n) is 17.7. The van der Waals surface area contributed by atoms with E-state index in [9.17, 15) is 31.1 Å². The van der Waals surface area contributed by atoms with Gasteiger partial charge in [-0.25, -0.2) is 14.3 Å². The van der Waals surface area contributed by atoms with Crippen LogP contribution in [0, 0.1) is 0 Å². The van der Waals surface area contributed by atoms with E-state index < -0.39 is 29.1 Å². The molecule has 190 valence electrons. The molecule has 0 bridgehead atoms. The third kappa shape index (κ3) is 6.60. The maximum absolute atomic E-state index is 13.0. The van der Waals surface area contributed by atoms with E-state index in [1.807, 2.05) is 4.90 Å². The van der Waals surface area contributed by atoms with Crippen molar-refractivity contribution in [1.82, 2.24) is 19.9 Å². The van der Waals surface area contributed by atoms with Crippen molar-refractivity contribution in [2.24, 2.45) is 0 Å². The molecule has 3 aromatic heterocycles. The topological polar surface area (TPSA) is 112 Å². The molecule has 1 aliphatic heterocycles. The molecule has 1 aliphatic rings. The molecule has 9 nitrogen and oxygen atoms in total. The predicted octanol–water partition coefficient (Wildman–Crippen LogP) is 3.49. The number of thiophene rings is 1. The Morgan fingerprint density at radius 2 is 1.80 bits per heavy atom. The van der Waals surface area contributed by atoms with Crippen molar-refractivity contribution < 1.29 is 41.0 Å². The van der Waals surface area contributed by atoms with Gasteiger partial charge in [0.1, 0.15) is 10.6 Å². The Balaban J connectivity index is 0.000000429. The SMILES string of the molecule is O=C(Nc1ccsc1C(F)(F)F)c1ccc2cnc(N3CCCNCC3)nn12.O=C(O)C(F)(F)F. The monoisotopic (exact) mass is 524 g/mol. The van der Waals surface area contributed by atoms with Crippen molar-refractivity contribution in [1.29, 1.82) is 0 Å². The number of hydrogen-bond donors (Lipinski definition) is 3. The number of aliphatic carboxylic acids is 1. The minimum absolute atomic E-state index is 0.144. The lowest BCUT2D eigenvalue weighted by atomic mass is 10.3. The molecule has 4 heterocycles. The number of nitrogens with one attached hydrogen (secondary N) is 2. The van der Waals surface area contributed by atoms with Crippen molar-refractivity contribution >= 4 is 40.4 Å². The fourth-order valence-corrected chi connectivity index (χ4v) is 3.79. The van der Waals surface area contributed by atoms with Gasteiger partial charge in [-0.05, 0) is 36.5 Å². The third-order valence-corrected chi connectivity index (χ3v) is 5.61. The van der Waals surface area contributed by atoms with E-state index in [2.05, 4.69) is 20.7 Å². The predicted molar refractivity (Wildman–Crippen MR) is 114 cm³/mol. The number of anilines is 2. The fraction of sp³-hybridized carbons (Fsp3) is 0.368. The molecule has 1 fully saturated rings. The number of halogens is 6. The minimum Gasteiger partial charge on any atom is -0.475 e. The van der Waals surface area contributed by atoms with E-state index in [4.69, 9.17) is 9.90 Å². The van der Waals surface area contributed by atoms with Crippen LogP contribution < -0.4 is 15.5 Å². The van der Waals surface area contributed by atoms with E-state index in [-0.39, 0.29) is 11.4 Å². The summed E-state index contributed by atoms with van der Waals surface area (Å²) in [5, 5.41) is 18.5. The van der Waals surface area contributed by atoms with Gasteiger partial charge in [0.05, 0.1) is 17.4 Å². The Kier molecular flexibility index (Phi) is 7.84. The quantitative estimate of drug-likeness (QED) is 0.450. The minimum atomic E-state index is -5.08. The normalized spacial score (nSPS) is 14.7. The second-order valence-electron chi connectivity index (χ2n) is 7.12. The molecule has 1 amide bonds. The number of carboxylic acid groups (broad SMARTS) is 1. The van der Waals surface area contributed by atoms with Gasteiger partial charge in [-0.15, -0.1) is 16.4 Å². The van der Waals surface area contributed by atoms with Crippen LogP contribution in [-0.2, 0) is 11.0 Å². The average Bonchev–Trinajstić information content (AvgIpc) is 3.32. The number of carbonyl (C=O) groups is 2. The van der Waals surface area contributed by atoms with Gasteiger partial charge in [-0.1, -0.05) is 0 Å². The smallest absolute Gasteiger partial charge is 0.475 e. The Morgan fingerprint density at radius 1 is 1.09 bits per heavy atom. The average molecular weight is 524 g/mol. The highest BCUT2D eigenvalue weighted by Gasteiger charge is 2.38. The molecule has 0 aliphatic carbocycles. The Morgan fingerprint density at radius 3 is 2.46 bits per heavy atom. The first-order valence-corrected chi connectivity index (χ1v) is 10.8. The number of fused-ring (bicyclic) bond motifs is 1. The molecule has 3 aromatic rings. The number of amides is 1. The van der Waals surface area contributed by atoms with E-state index >= 15 is 0 Å². The molecule has 1 saturated heterocycles. The number of hydrogen-bond acceptors (Lipinski definition) is 7. The third-order valence-electron chi connectivity index (χ3n) is 4.66. The molecular weight excluding hydrogens is 506 g/mol. The first-order valence-electron chi connectivity index (χ1n) is 9.94. The standard InChI is InChI=1S/C17H17F3N6OS.C2HF3O2/c18-17(19,20)14-12(4-9-28-14)23-15(27)13-3-2-11-10-22-16(24-26(11)13)25-7-1-5-21-6-8-25;3-2(4,5)1(6)7/h2-4,9-10,21H,1,5-8H2,(H,23,27);(H,6,7). The van der Waals surface area contributed by atoms with Crippen LogP contribution in [0.2, 0.25) is 0 Å². The Labute approximate surface area is 197 Å². The van der Waals surface area contributed by atoms with Crippen LogP contribution in [0.3, 0.4) is 0 Å². The van der Waals surface area contributed by atoms with Gasteiger partial charge in [0.2, 0.25) is 5.95 Å². The molecule has 0 saturated carbocycles. The lowest BCUT2D eigenvalue weighted by Crippen LogP contribution is -2.30. The Hall–Kier alpha value is -3.40. The van der Waals surface area contributed by atoms with Gasteiger partial charge >= 0.3 is 18.3 Å². The number of carbonyl (C=O) groups excluding carboxylic acids is 1. The molecule has 16 heteroatoms. The second kappa shape index (κ2) is 10.5. The van der Waals surface area contributed by atoms with Crippen LogP contribution in [0.15, 0.2) is 29.8 Å². The van der Waals surface area contributed by atoms with Crippen LogP contribution in [0.4, 0.5) is 38.0 Å². The van der Waals surface area contributed by atoms with Gasteiger partial charge in [-0.3, -0.25) is 4.79 Å². The zero-order valence-corrected chi connectivity index (χ0v) is 18.5. The van der Waals surface area contributed by atoms with E-state index in [0.717, 1.165) is 32.6 Å². The highest BCUT2D eigenvalue weighted by atomic mass is 32.1. The summed E-state index contributed by atoms with van der Waals surface area (Å²) in [5.41, 5.74) is 0.472. The van der Waals surface area contributed by atoms with Crippen LogP contribution in [0.5, 0.6) is 0 Å². The summed E-state index contributed by atoms with van der Waals surface area (Å²) in [6.07, 6.45) is -7.06. The van der Waals surface area contributed by atoms with E-state index in [1.165, 1.54) is 22.0 Å². The van der Waals surface area contributed by atoms with Crippen molar-refractivity contribution in [2.45, 2.75) is 18.8 Å². The number of rotatable bonds is 3. The summed E-state index contributed by atoms with van der Waals surface area (Å²) in [6.45, 7) is 3.24. The first kappa shape index (κ1) is 26.2. The van der Waals surface area contributed by atoms with Gasteiger partial charge in [0.25, 0.3) is 5.91 Å². The zero-order chi connectivity index (χ0) is 25.8. The molecule has 35 heavy (non-hydrogen) atoms. The Bertz CT molecular complexity index is 1180. The maximum Gasteiger partial charge on any atom is 0.490 e. The van der Waals surface area contributed by atoms with Crippen LogP contribution >= 0.6 is 11.3 Å². The van der Waals surface area contributed by atoms with Crippen molar-refractivity contribution in [3.05, 3.63) is 40.3 Å². The summed E-state index contributed by atoms with van der Waals surface area (Å²) in [5.74, 6) is -2.94. The molecule has 3 N–H and O–H groups in total. The molecule has 0 radical (unpaired) electrons. The van der Waals surface area contributed by atoms with Gasteiger partial charge in [0.15, 0.2) is 0 Å². The van der Waals surface area contributed by atoms with Crippen molar-refractivity contribution in [3.63, 3.8) is 0 Å². The second-order valence-corrected chi connectivity index (χ2v) is 8.04. The largest absolute Gasteiger partial charge is 0.490 e. The number of alkyl halides is 6. The van der Waals surface area contributed by atoms with Gasteiger partial charge < -0.3 is 20.6 Å². The summed E-state index contributed by atoms with van der Waals surface area (Å²) in [4.78, 5) is 27.1. The van der Waals surface area contributed by atoms with Crippen LogP contribution in [0.25, 0.3) is 5.52 Å². The summed E-state index contributed by atoms with van der Waals surface area (Å²) in [7, 11) is 0. The lowest BCUT2D eigenvalue weighted by molar-refractivity contribution is -0.192. The molecule has 0 spiro atoms. The van der Waals surface area contributed by atoms with Crippen molar-refractivity contribution in [2.75, 3.05) is 36.4 Å². The fourth-order valence-electron chi connectivity index (χ4n) is 3.07. The maximum atomic E-state index is 13.0. The summed E-state index contributed by atoms with van der Waals surface area (Å²) < 4.78 is 72.3. The van der Waals surface area contributed by atoms with Crippen LogP contribution in [0.1, 0.15) is 21.8 Å². The number of carboxylic acids is 1. The number of nitrogens with zero attached hydrogens (tertiary/aromatic N) is 4. The highest BCUT2D eigenvalue weighted by Crippen LogP contribution is 2.39. The molecule has 0 aromatic carbocycles. The lowest BCUT2D eigenvalue weighted by Gasteiger charge is -2.19. The first-order chi connectivity index (χ1) is 16.4. The van der Waals surface area contributed by atoms with E-state index in [1.54, 1.807) is 12.3 Å². The van der Waals surface area contributed by atoms with Crippen molar-refractivity contribution in [3.8, 4) is 0 Å². The molecular formula is C19H18F6N6O3S. The summed E-state index contributed by atoms with van der Waals surface area (Å²) in [6, 6.07) is 4.42. The number of aromatic nitrogens is 3. The van der Waals surface area contributed by atoms with Gasteiger partial charge in [0, 0.05) is 19.6 Å². The van der Waals surface area contributed by atoms with E-state index in [0.29, 0.717) is 22.8 Å². The molecule has 0 atom stereocenters.